The van der Waals surface area contributed by atoms with Crippen molar-refractivity contribution in [2.45, 2.75) is 26.1 Å². The number of halogens is 3. The number of alkyl halides is 3. The van der Waals surface area contributed by atoms with Crippen molar-refractivity contribution in [3.05, 3.63) is 29.8 Å². The van der Waals surface area contributed by atoms with Crippen molar-refractivity contribution in [1.29, 1.82) is 0 Å². The van der Waals surface area contributed by atoms with Crippen molar-refractivity contribution < 1.29 is 32.6 Å². The predicted octanol–water partition coefficient (Wildman–Crippen LogP) is 2.63. The van der Waals surface area contributed by atoms with Crippen LogP contribution in [0, 0.1) is 5.41 Å². The van der Waals surface area contributed by atoms with Gasteiger partial charge >= 0.3 is 18.4 Å². The summed E-state index contributed by atoms with van der Waals surface area (Å²) in [6.45, 7) is 2.11. The van der Waals surface area contributed by atoms with Gasteiger partial charge in [-0.25, -0.2) is 4.79 Å². The van der Waals surface area contributed by atoms with Crippen molar-refractivity contribution in [1.82, 2.24) is 10.2 Å². The summed E-state index contributed by atoms with van der Waals surface area (Å²) in [4.78, 5) is 24.6. The first-order chi connectivity index (χ1) is 11.6. The Bertz CT molecular complexity index is 651. The summed E-state index contributed by atoms with van der Waals surface area (Å²) in [6, 6.07) is 5.28. The lowest BCUT2D eigenvalue weighted by Crippen LogP contribution is -2.41. The van der Waals surface area contributed by atoms with Crippen LogP contribution in [0.1, 0.15) is 18.9 Å². The van der Waals surface area contributed by atoms with E-state index in [0.717, 1.165) is 0 Å². The molecule has 0 saturated carbocycles. The molecule has 1 saturated heterocycles. The van der Waals surface area contributed by atoms with Gasteiger partial charge in [-0.2, -0.15) is 0 Å². The molecule has 0 aromatic heterocycles. The number of likely N-dealkylation sites (tertiary alicyclic amines) is 1. The smallest absolute Gasteiger partial charge is 0.481 e. The molecule has 0 aliphatic carbocycles. The van der Waals surface area contributed by atoms with Crippen molar-refractivity contribution >= 4 is 12.0 Å². The molecule has 1 atom stereocenters. The molecule has 2 N–H and O–H groups in total. The number of ether oxygens (including phenoxy) is 1. The third-order valence-corrected chi connectivity index (χ3v) is 4.15. The highest BCUT2D eigenvalue weighted by Gasteiger charge is 2.42. The second-order valence-electron chi connectivity index (χ2n) is 6.17. The molecule has 0 radical (unpaired) electrons. The molecule has 6 nitrogen and oxygen atoms in total. The minimum absolute atomic E-state index is 0.0991. The number of carboxylic acids is 1. The fraction of sp³-hybridized carbons (Fsp3) is 0.500. The molecule has 1 fully saturated rings. The molecular weight excluding hydrogens is 341 g/mol. The van der Waals surface area contributed by atoms with Gasteiger partial charge in [0.15, 0.2) is 0 Å². The number of benzene rings is 1. The highest BCUT2D eigenvalue weighted by molar-refractivity contribution is 5.79. The van der Waals surface area contributed by atoms with Crippen LogP contribution in [0.2, 0.25) is 0 Å². The Labute approximate surface area is 142 Å². The van der Waals surface area contributed by atoms with Crippen LogP contribution >= 0.6 is 0 Å². The monoisotopic (exact) mass is 360 g/mol. The zero-order valence-electron chi connectivity index (χ0n) is 13.6. The Morgan fingerprint density at radius 3 is 2.64 bits per heavy atom. The molecule has 0 bridgehead atoms. The van der Waals surface area contributed by atoms with Crippen LogP contribution in [0.3, 0.4) is 0 Å². The molecule has 9 heteroatoms. The first kappa shape index (κ1) is 18.9. The molecule has 1 aromatic rings. The van der Waals surface area contributed by atoms with Gasteiger partial charge in [0.05, 0.1) is 5.41 Å². The molecule has 1 aliphatic heterocycles. The van der Waals surface area contributed by atoms with Crippen molar-refractivity contribution in [2.24, 2.45) is 5.41 Å². The molecule has 25 heavy (non-hydrogen) atoms. The topological polar surface area (TPSA) is 78.9 Å². The minimum Gasteiger partial charge on any atom is -0.481 e. The lowest BCUT2D eigenvalue weighted by molar-refractivity contribution is -0.274. The van der Waals surface area contributed by atoms with Crippen LogP contribution in [-0.2, 0) is 11.2 Å². The maximum atomic E-state index is 12.4. The molecule has 1 unspecified atom stereocenters. The molecule has 138 valence electrons. The number of carbonyl (C=O) groups excluding carboxylic acids is 1. The summed E-state index contributed by atoms with van der Waals surface area (Å²) < 4.78 is 41.1. The van der Waals surface area contributed by atoms with Crippen LogP contribution < -0.4 is 10.1 Å². The van der Waals surface area contributed by atoms with Crippen LogP contribution in [-0.4, -0.2) is 48.0 Å². The highest BCUT2D eigenvalue weighted by atomic mass is 19.4. The summed E-state index contributed by atoms with van der Waals surface area (Å²) in [5.74, 6) is -1.26. The van der Waals surface area contributed by atoms with Gasteiger partial charge in [-0.3, -0.25) is 4.79 Å². The molecule has 2 rings (SSSR count). The number of hydrogen-bond donors (Lipinski definition) is 2. The zero-order valence-corrected chi connectivity index (χ0v) is 13.6. The Morgan fingerprint density at radius 2 is 2.04 bits per heavy atom. The van der Waals surface area contributed by atoms with Gasteiger partial charge in [0.25, 0.3) is 0 Å². The molecule has 0 spiro atoms. The summed E-state index contributed by atoms with van der Waals surface area (Å²) >= 11 is 0. The number of rotatable bonds is 5. The van der Waals surface area contributed by atoms with Gasteiger partial charge in [0.1, 0.15) is 5.75 Å². The molecular formula is C16H19F3N2O4. The fourth-order valence-corrected chi connectivity index (χ4v) is 2.66. The maximum Gasteiger partial charge on any atom is 0.573 e. The van der Waals surface area contributed by atoms with E-state index in [2.05, 4.69) is 10.1 Å². The van der Waals surface area contributed by atoms with E-state index >= 15 is 0 Å². The van der Waals surface area contributed by atoms with E-state index in [0.29, 0.717) is 18.5 Å². The number of nitrogens with one attached hydrogen (secondary N) is 1. The Balaban J connectivity index is 1.87. The number of amides is 2. The van der Waals surface area contributed by atoms with E-state index in [1.54, 1.807) is 13.0 Å². The Kier molecular flexibility index (Phi) is 5.44. The summed E-state index contributed by atoms with van der Waals surface area (Å²) in [7, 11) is 0. The first-order valence-corrected chi connectivity index (χ1v) is 7.70. The van der Waals surface area contributed by atoms with Gasteiger partial charge in [-0.05, 0) is 31.4 Å². The van der Waals surface area contributed by atoms with Crippen molar-refractivity contribution in [3.8, 4) is 5.75 Å². The van der Waals surface area contributed by atoms with E-state index in [4.69, 9.17) is 5.11 Å². The number of urea groups is 1. The van der Waals surface area contributed by atoms with E-state index in [9.17, 15) is 22.8 Å². The zero-order chi connectivity index (χ0) is 18.7. The third-order valence-electron chi connectivity index (χ3n) is 4.15. The number of carboxylic acid groups (broad SMARTS) is 1. The lowest BCUT2D eigenvalue weighted by atomic mass is 9.90. The lowest BCUT2D eigenvalue weighted by Gasteiger charge is -2.20. The van der Waals surface area contributed by atoms with E-state index in [1.807, 2.05) is 0 Å². The molecule has 2 amide bonds. The average molecular weight is 360 g/mol. The molecule has 1 heterocycles. The maximum absolute atomic E-state index is 12.4. The average Bonchev–Trinajstić information content (AvgIpc) is 2.91. The van der Waals surface area contributed by atoms with Gasteiger partial charge in [0, 0.05) is 19.6 Å². The van der Waals surface area contributed by atoms with Gasteiger partial charge in [-0.15, -0.1) is 13.2 Å². The predicted molar refractivity (Wildman–Crippen MR) is 82.2 cm³/mol. The van der Waals surface area contributed by atoms with E-state index in [-0.39, 0.29) is 25.3 Å². The van der Waals surface area contributed by atoms with Crippen molar-refractivity contribution in [3.63, 3.8) is 0 Å². The molecule has 1 aromatic carbocycles. The van der Waals surface area contributed by atoms with Crippen LogP contribution in [0.25, 0.3) is 0 Å². The van der Waals surface area contributed by atoms with E-state index in [1.165, 1.54) is 23.1 Å². The Morgan fingerprint density at radius 1 is 1.36 bits per heavy atom. The van der Waals surface area contributed by atoms with E-state index < -0.39 is 23.8 Å². The van der Waals surface area contributed by atoms with Gasteiger partial charge < -0.3 is 20.1 Å². The van der Waals surface area contributed by atoms with Crippen LogP contribution in [0.15, 0.2) is 24.3 Å². The summed E-state index contributed by atoms with van der Waals surface area (Å²) in [6.07, 6.45) is -4.27. The van der Waals surface area contributed by atoms with Crippen LogP contribution in [0.5, 0.6) is 5.75 Å². The number of hydrogen-bond acceptors (Lipinski definition) is 3. The second-order valence-corrected chi connectivity index (χ2v) is 6.17. The number of para-hydroxylation sites is 1. The van der Waals surface area contributed by atoms with Crippen molar-refractivity contribution in [2.75, 3.05) is 19.6 Å². The fourth-order valence-electron chi connectivity index (χ4n) is 2.66. The number of nitrogens with zero attached hydrogens (tertiary/aromatic N) is 1. The van der Waals surface area contributed by atoms with Gasteiger partial charge in [-0.1, -0.05) is 18.2 Å². The quantitative estimate of drug-likeness (QED) is 0.846. The second kappa shape index (κ2) is 7.20. The minimum atomic E-state index is -4.78. The summed E-state index contributed by atoms with van der Waals surface area (Å²) in [5.41, 5.74) is -0.651. The summed E-state index contributed by atoms with van der Waals surface area (Å²) in [5, 5.41) is 11.8. The Hall–Kier alpha value is -2.45. The highest BCUT2D eigenvalue weighted by Crippen LogP contribution is 2.30. The third kappa shape index (κ3) is 5.01. The van der Waals surface area contributed by atoms with Gasteiger partial charge in [0.2, 0.25) is 0 Å². The van der Waals surface area contributed by atoms with Crippen LogP contribution in [0.4, 0.5) is 18.0 Å². The first-order valence-electron chi connectivity index (χ1n) is 7.70. The number of aliphatic carboxylic acids is 1. The SMILES string of the molecule is CC1(C(=O)O)CCN(C(=O)NCCc2ccccc2OC(F)(F)F)C1. The molecule has 1 aliphatic rings. The standard InChI is InChI=1S/C16H19F3N2O4/c1-15(13(22)23)7-9-21(10-15)14(24)20-8-6-11-4-2-3-5-12(11)25-16(17,18)19/h2-5H,6-10H2,1H3,(H,20,24)(H,22,23). The largest absolute Gasteiger partial charge is 0.573 e. The normalized spacial score (nSPS) is 20.4. The number of carbonyl (C=O) groups is 2.